The van der Waals surface area contributed by atoms with Gasteiger partial charge in [0, 0.05) is 19.0 Å². The van der Waals surface area contributed by atoms with Crippen molar-refractivity contribution in [2.75, 3.05) is 13.1 Å². The fraction of sp³-hybridized carbons (Fsp3) is 0.917. The lowest BCUT2D eigenvalue weighted by atomic mass is 9.80. The summed E-state index contributed by atoms with van der Waals surface area (Å²) in [5.41, 5.74) is 0. The molecule has 1 heterocycles. The summed E-state index contributed by atoms with van der Waals surface area (Å²) < 4.78 is 0. The summed E-state index contributed by atoms with van der Waals surface area (Å²) in [6, 6.07) is 0.404. The Bertz CT molecular complexity index is 218. The van der Waals surface area contributed by atoms with Gasteiger partial charge in [0.15, 0.2) is 0 Å². The normalized spacial score (nSPS) is 32.1. The monoisotopic (exact) mass is 210 g/mol. The minimum absolute atomic E-state index is 0.299. The maximum absolute atomic E-state index is 11.9. The summed E-state index contributed by atoms with van der Waals surface area (Å²) >= 11 is 0. The first-order valence-electron chi connectivity index (χ1n) is 6.30. The lowest BCUT2D eigenvalue weighted by Gasteiger charge is -2.32. The first-order valence-corrected chi connectivity index (χ1v) is 6.30. The third-order valence-corrected chi connectivity index (χ3v) is 3.92. The van der Waals surface area contributed by atoms with Crippen molar-refractivity contribution < 1.29 is 4.79 Å². The molecule has 1 saturated heterocycles. The van der Waals surface area contributed by atoms with Crippen LogP contribution in [0.15, 0.2) is 0 Å². The van der Waals surface area contributed by atoms with Crippen molar-refractivity contribution >= 4 is 5.91 Å². The molecule has 3 nitrogen and oxygen atoms in total. The number of nitrogens with one attached hydrogen (secondary N) is 2. The minimum atomic E-state index is 0.299. The van der Waals surface area contributed by atoms with Crippen LogP contribution in [0.5, 0.6) is 0 Å². The van der Waals surface area contributed by atoms with Gasteiger partial charge in [-0.05, 0) is 31.6 Å². The molecule has 0 radical (unpaired) electrons. The zero-order chi connectivity index (χ0) is 10.7. The van der Waals surface area contributed by atoms with Crippen molar-refractivity contribution in [3.8, 4) is 0 Å². The smallest absolute Gasteiger partial charge is 0.223 e. The summed E-state index contributed by atoms with van der Waals surface area (Å²) in [5, 5.41) is 6.29. The van der Waals surface area contributed by atoms with Crippen molar-refractivity contribution in [1.29, 1.82) is 0 Å². The van der Waals surface area contributed by atoms with Gasteiger partial charge in [0.1, 0.15) is 0 Å². The zero-order valence-corrected chi connectivity index (χ0v) is 9.59. The topological polar surface area (TPSA) is 41.1 Å². The van der Waals surface area contributed by atoms with Crippen LogP contribution in [-0.2, 0) is 4.79 Å². The predicted octanol–water partition coefficient (Wildman–Crippen LogP) is 1.29. The minimum Gasteiger partial charge on any atom is -0.351 e. The number of amides is 1. The summed E-state index contributed by atoms with van der Waals surface area (Å²) in [5.74, 6) is 1.48. The van der Waals surface area contributed by atoms with Gasteiger partial charge in [0.25, 0.3) is 0 Å². The Hall–Kier alpha value is -0.570. The number of rotatable bonds is 3. The van der Waals surface area contributed by atoms with E-state index >= 15 is 0 Å². The molecule has 1 aliphatic carbocycles. The molecule has 1 aliphatic heterocycles. The zero-order valence-electron chi connectivity index (χ0n) is 9.59. The first kappa shape index (κ1) is 10.9. The molecule has 0 bridgehead atoms. The van der Waals surface area contributed by atoms with Gasteiger partial charge in [0.2, 0.25) is 5.91 Å². The van der Waals surface area contributed by atoms with Crippen molar-refractivity contribution in [1.82, 2.24) is 10.6 Å². The highest BCUT2D eigenvalue weighted by atomic mass is 16.2. The van der Waals surface area contributed by atoms with Gasteiger partial charge in [-0.3, -0.25) is 4.79 Å². The lowest BCUT2D eigenvalue weighted by molar-refractivity contribution is -0.127. The van der Waals surface area contributed by atoms with Crippen LogP contribution in [0.1, 0.15) is 39.0 Å². The maximum Gasteiger partial charge on any atom is 0.223 e. The van der Waals surface area contributed by atoms with Gasteiger partial charge in [-0.1, -0.05) is 13.3 Å². The highest BCUT2D eigenvalue weighted by Crippen LogP contribution is 2.30. The molecule has 0 aromatic carbocycles. The van der Waals surface area contributed by atoms with Gasteiger partial charge in [-0.2, -0.15) is 0 Å². The third kappa shape index (κ3) is 2.71. The Morgan fingerprint density at radius 2 is 1.93 bits per heavy atom. The van der Waals surface area contributed by atoms with E-state index in [1.165, 1.54) is 19.3 Å². The molecular weight excluding hydrogens is 188 g/mol. The van der Waals surface area contributed by atoms with Gasteiger partial charge < -0.3 is 10.6 Å². The molecule has 1 amide bonds. The Balaban J connectivity index is 1.71. The highest BCUT2D eigenvalue weighted by molar-refractivity contribution is 5.79. The van der Waals surface area contributed by atoms with Crippen molar-refractivity contribution in [3.05, 3.63) is 0 Å². The van der Waals surface area contributed by atoms with E-state index in [-0.39, 0.29) is 0 Å². The summed E-state index contributed by atoms with van der Waals surface area (Å²) in [6.45, 7) is 4.16. The molecule has 3 heteroatoms. The summed E-state index contributed by atoms with van der Waals surface area (Å²) in [4.78, 5) is 11.9. The SMILES string of the molecule is CC[C@H]1CC[C@@H](C(=O)NC2CNC2)CC1. The lowest BCUT2D eigenvalue weighted by Crippen LogP contribution is -2.58. The van der Waals surface area contributed by atoms with Gasteiger partial charge >= 0.3 is 0 Å². The van der Waals surface area contributed by atoms with Crippen molar-refractivity contribution in [2.24, 2.45) is 11.8 Å². The van der Waals surface area contributed by atoms with E-state index in [1.54, 1.807) is 0 Å². The molecule has 15 heavy (non-hydrogen) atoms. The fourth-order valence-electron chi connectivity index (χ4n) is 2.54. The molecule has 1 saturated carbocycles. The molecular formula is C12H22N2O. The number of hydrogen-bond donors (Lipinski definition) is 2. The Kier molecular flexibility index (Phi) is 3.62. The predicted molar refractivity (Wildman–Crippen MR) is 60.5 cm³/mol. The van der Waals surface area contributed by atoms with Crippen molar-refractivity contribution in [3.63, 3.8) is 0 Å². The van der Waals surface area contributed by atoms with Crippen LogP contribution in [0, 0.1) is 11.8 Å². The Labute approximate surface area is 92.0 Å². The average Bonchev–Trinajstić information content (AvgIpc) is 2.23. The standard InChI is InChI=1S/C12H22N2O/c1-2-9-3-5-10(6-4-9)12(15)14-11-7-13-8-11/h9-11,13H,2-8H2,1H3,(H,14,15)/t9-,10+. The number of carbonyl (C=O) groups excluding carboxylic acids is 1. The second-order valence-corrected chi connectivity index (χ2v) is 4.99. The number of hydrogen-bond acceptors (Lipinski definition) is 2. The number of carbonyl (C=O) groups is 1. The molecule has 0 unspecified atom stereocenters. The van der Waals surface area contributed by atoms with Crippen LogP contribution in [0.3, 0.4) is 0 Å². The molecule has 2 N–H and O–H groups in total. The van der Waals surface area contributed by atoms with Gasteiger partial charge in [-0.15, -0.1) is 0 Å². The van der Waals surface area contributed by atoms with Crippen molar-refractivity contribution in [2.45, 2.75) is 45.1 Å². The van der Waals surface area contributed by atoms with Crippen LogP contribution in [-0.4, -0.2) is 25.0 Å². The van der Waals surface area contributed by atoms with E-state index < -0.39 is 0 Å². The van der Waals surface area contributed by atoms with Crippen LogP contribution in [0.25, 0.3) is 0 Å². The van der Waals surface area contributed by atoms with E-state index in [0.717, 1.165) is 31.8 Å². The first-order chi connectivity index (χ1) is 7.29. The molecule has 86 valence electrons. The largest absolute Gasteiger partial charge is 0.351 e. The maximum atomic E-state index is 11.9. The van der Waals surface area contributed by atoms with Crippen LogP contribution >= 0.6 is 0 Å². The molecule has 0 spiro atoms. The summed E-state index contributed by atoms with van der Waals surface area (Å²) in [6.07, 6.45) is 5.98. The molecule has 0 aromatic heterocycles. The van der Waals surface area contributed by atoms with Gasteiger partial charge in [0.05, 0.1) is 6.04 Å². The summed E-state index contributed by atoms with van der Waals surface area (Å²) in [7, 11) is 0. The molecule has 2 aliphatic rings. The van der Waals surface area contributed by atoms with E-state index in [1.807, 2.05) is 0 Å². The van der Waals surface area contributed by atoms with E-state index in [0.29, 0.717) is 17.9 Å². The second-order valence-electron chi connectivity index (χ2n) is 4.99. The quantitative estimate of drug-likeness (QED) is 0.737. The molecule has 0 atom stereocenters. The van der Waals surface area contributed by atoms with E-state index in [2.05, 4.69) is 17.6 Å². The van der Waals surface area contributed by atoms with Crippen LogP contribution in [0.2, 0.25) is 0 Å². The molecule has 2 rings (SSSR count). The second kappa shape index (κ2) is 4.97. The third-order valence-electron chi connectivity index (χ3n) is 3.92. The highest BCUT2D eigenvalue weighted by Gasteiger charge is 2.28. The average molecular weight is 210 g/mol. The fourth-order valence-corrected chi connectivity index (χ4v) is 2.54. The van der Waals surface area contributed by atoms with Gasteiger partial charge in [-0.25, -0.2) is 0 Å². The Morgan fingerprint density at radius 3 is 2.40 bits per heavy atom. The molecule has 2 fully saturated rings. The van der Waals surface area contributed by atoms with Crippen LogP contribution < -0.4 is 10.6 Å². The Morgan fingerprint density at radius 1 is 1.27 bits per heavy atom. The van der Waals surface area contributed by atoms with E-state index in [9.17, 15) is 4.79 Å². The van der Waals surface area contributed by atoms with Crippen LogP contribution in [0.4, 0.5) is 0 Å². The molecule has 0 aromatic rings. The van der Waals surface area contributed by atoms with E-state index in [4.69, 9.17) is 0 Å².